The summed E-state index contributed by atoms with van der Waals surface area (Å²) < 4.78 is 0. The fourth-order valence-corrected chi connectivity index (χ4v) is 6.40. The van der Waals surface area contributed by atoms with E-state index in [1.165, 1.54) is 86.0 Å². The van der Waals surface area contributed by atoms with Gasteiger partial charge in [-0.2, -0.15) is 0 Å². The molecule has 0 fully saturated rings. The summed E-state index contributed by atoms with van der Waals surface area (Å²) in [5, 5.41) is 10.1. The van der Waals surface area contributed by atoms with Gasteiger partial charge < -0.3 is 0 Å². The Hall–Kier alpha value is -3.42. The van der Waals surface area contributed by atoms with Crippen LogP contribution in [0.3, 0.4) is 0 Å². The van der Waals surface area contributed by atoms with E-state index in [-0.39, 0.29) is 5.92 Å². The maximum absolute atomic E-state index is 2.41. The van der Waals surface area contributed by atoms with Crippen LogP contribution in [-0.4, -0.2) is 0 Å². The van der Waals surface area contributed by atoms with Gasteiger partial charge in [0.05, 0.1) is 0 Å². The van der Waals surface area contributed by atoms with Crippen LogP contribution < -0.4 is 0 Å². The molecule has 1 unspecified atom stereocenters. The van der Waals surface area contributed by atoms with Crippen molar-refractivity contribution >= 4 is 43.7 Å². The minimum Gasteiger partial charge on any atom is -0.148 e. The lowest BCUT2D eigenvalue weighted by Gasteiger charge is -2.19. The number of thiophene rings is 1. The van der Waals surface area contributed by atoms with Crippen molar-refractivity contribution in [1.82, 2.24) is 0 Å². The zero-order valence-electron chi connectivity index (χ0n) is 20.9. The Labute approximate surface area is 218 Å². The van der Waals surface area contributed by atoms with E-state index in [4.69, 9.17) is 0 Å². The zero-order valence-corrected chi connectivity index (χ0v) is 21.7. The van der Waals surface area contributed by atoms with Gasteiger partial charge in [0.15, 0.2) is 0 Å². The lowest BCUT2D eigenvalue weighted by molar-refractivity contribution is 0.667. The molecule has 0 bridgehead atoms. The van der Waals surface area contributed by atoms with Crippen LogP contribution in [0.15, 0.2) is 109 Å². The van der Waals surface area contributed by atoms with Crippen LogP contribution in [0.2, 0.25) is 0 Å². The third-order valence-corrected chi connectivity index (χ3v) is 8.41. The summed E-state index contributed by atoms with van der Waals surface area (Å²) in [6.07, 6.45) is 6.43. The van der Waals surface area contributed by atoms with E-state index in [9.17, 15) is 0 Å². The molecule has 5 aromatic carbocycles. The molecule has 1 aromatic heterocycles. The monoisotopic (exact) mass is 484 g/mol. The van der Waals surface area contributed by atoms with Crippen molar-refractivity contribution in [2.24, 2.45) is 0 Å². The highest BCUT2D eigenvalue weighted by atomic mass is 32.1. The zero-order chi connectivity index (χ0) is 24.3. The SMILES string of the molecule is CCCCCCc1ccc2cc(C(c3ccc4cc5ccccc5cc4c3)c3cccs3)ccc2c1. The molecule has 0 spiro atoms. The summed E-state index contributed by atoms with van der Waals surface area (Å²) >= 11 is 1.85. The first-order valence-electron chi connectivity index (χ1n) is 13.3. The normalized spacial score (nSPS) is 12.5. The predicted octanol–water partition coefficient (Wildman–Crippen LogP) is 10.5. The van der Waals surface area contributed by atoms with Gasteiger partial charge >= 0.3 is 0 Å². The van der Waals surface area contributed by atoms with E-state index >= 15 is 0 Å². The maximum Gasteiger partial charge on any atom is 0.0434 e. The Morgan fingerprint density at radius 3 is 1.92 bits per heavy atom. The van der Waals surface area contributed by atoms with Gasteiger partial charge in [-0.05, 0) is 85.4 Å². The van der Waals surface area contributed by atoms with Gasteiger partial charge in [0.25, 0.3) is 0 Å². The average Bonchev–Trinajstić information content (AvgIpc) is 3.44. The number of hydrogen-bond acceptors (Lipinski definition) is 1. The number of aryl methyl sites for hydroxylation is 1. The molecule has 1 atom stereocenters. The minimum atomic E-state index is 0.235. The van der Waals surface area contributed by atoms with Gasteiger partial charge in [-0.1, -0.05) is 111 Å². The Bertz CT molecular complexity index is 1620. The van der Waals surface area contributed by atoms with Gasteiger partial charge in [0, 0.05) is 10.8 Å². The molecule has 6 aromatic rings. The van der Waals surface area contributed by atoms with Crippen LogP contribution in [0.4, 0.5) is 0 Å². The largest absolute Gasteiger partial charge is 0.148 e. The number of fused-ring (bicyclic) bond motifs is 3. The molecule has 0 aliphatic heterocycles. The van der Waals surface area contributed by atoms with Crippen LogP contribution in [0.1, 0.15) is 60.1 Å². The fraction of sp³-hybridized carbons (Fsp3) is 0.200. The van der Waals surface area contributed by atoms with Crippen molar-refractivity contribution in [1.29, 1.82) is 0 Å². The first-order valence-corrected chi connectivity index (χ1v) is 14.1. The van der Waals surface area contributed by atoms with Crippen LogP contribution in [0.25, 0.3) is 32.3 Å². The highest BCUT2D eigenvalue weighted by Crippen LogP contribution is 2.38. The molecule has 0 radical (unpaired) electrons. The number of hydrogen-bond donors (Lipinski definition) is 0. The van der Waals surface area contributed by atoms with E-state index in [1.807, 2.05) is 11.3 Å². The Kier molecular flexibility index (Phi) is 6.57. The lowest BCUT2D eigenvalue weighted by atomic mass is 9.87. The fourth-order valence-electron chi connectivity index (χ4n) is 5.52. The molecule has 1 heterocycles. The Balaban J connectivity index is 1.38. The van der Waals surface area contributed by atoms with E-state index in [0.717, 1.165) is 0 Å². The molecule has 0 N–H and O–H groups in total. The van der Waals surface area contributed by atoms with Gasteiger partial charge in [-0.3, -0.25) is 0 Å². The van der Waals surface area contributed by atoms with Crippen molar-refractivity contribution in [2.45, 2.75) is 44.9 Å². The lowest BCUT2D eigenvalue weighted by Crippen LogP contribution is -2.01. The topological polar surface area (TPSA) is 0 Å². The van der Waals surface area contributed by atoms with Gasteiger partial charge in [0.2, 0.25) is 0 Å². The standard InChI is InChI=1S/C35H32S/c1-2-3-4-5-9-25-13-14-29-22-31(17-15-28(29)20-25)35(34-12-8-19-36-34)32-18-16-30-21-26-10-6-7-11-27(26)23-33(30)24-32/h6-8,10-24,35H,2-5,9H2,1H3. The van der Waals surface area contributed by atoms with E-state index < -0.39 is 0 Å². The number of rotatable bonds is 8. The molecule has 178 valence electrons. The summed E-state index contributed by atoms with van der Waals surface area (Å²) in [5.74, 6) is 0.235. The van der Waals surface area contributed by atoms with Crippen LogP contribution in [0.5, 0.6) is 0 Å². The summed E-state index contributed by atoms with van der Waals surface area (Å²) in [6, 6.07) is 38.9. The third kappa shape index (κ3) is 4.68. The second kappa shape index (κ2) is 10.3. The van der Waals surface area contributed by atoms with Crippen LogP contribution >= 0.6 is 11.3 Å². The van der Waals surface area contributed by atoms with Crippen LogP contribution in [0, 0.1) is 0 Å². The molecule has 0 amide bonds. The van der Waals surface area contributed by atoms with Crippen molar-refractivity contribution in [3.8, 4) is 0 Å². The Morgan fingerprint density at radius 1 is 0.556 bits per heavy atom. The molecule has 0 saturated heterocycles. The van der Waals surface area contributed by atoms with Crippen molar-refractivity contribution in [3.63, 3.8) is 0 Å². The van der Waals surface area contributed by atoms with Gasteiger partial charge in [-0.25, -0.2) is 0 Å². The highest BCUT2D eigenvalue weighted by molar-refractivity contribution is 7.10. The quantitative estimate of drug-likeness (QED) is 0.149. The van der Waals surface area contributed by atoms with E-state index in [1.54, 1.807) is 0 Å². The minimum absolute atomic E-state index is 0.235. The molecule has 0 aliphatic carbocycles. The smallest absolute Gasteiger partial charge is 0.0434 e. The molecule has 36 heavy (non-hydrogen) atoms. The second-order valence-electron chi connectivity index (χ2n) is 10.0. The summed E-state index contributed by atoms with van der Waals surface area (Å²) in [6.45, 7) is 2.27. The number of benzene rings is 5. The first kappa shape index (κ1) is 23.0. The molecule has 0 aliphatic rings. The van der Waals surface area contributed by atoms with E-state index in [0.29, 0.717) is 0 Å². The molecule has 6 rings (SSSR count). The molecular weight excluding hydrogens is 452 g/mol. The second-order valence-corrected chi connectivity index (χ2v) is 11.0. The van der Waals surface area contributed by atoms with Crippen molar-refractivity contribution in [3.05, 3.63) is 130 Å². The van der Waals surface area contributed by atoms with E-state index in [2.05, 4.69) is 115 Å². The Morgan fingerprint density at radius 2 is 1.19 bits per heavy atom. The average molecular weight is 485 g/mol. The summed E-state index contributed by atoms with van der Waals surface area (Å²) in [7, 11) is 0. The molecule has 0 nitrogen and oxygen atoms in total. The predicted molar refractivity (Wildman–Crippen MR) is 159 cm³/mol. The molecule has 1 heteroatoms. The molecule has 0 saturated carbocycles. The first-order chi connectivity index (χ1) is 17.8. The van der Waals surface area contributed by atoms with Crippen molar-refractivity contribution in [2.75, 3.05) is 0 Å². The van der Waals surface area contributed by atoms with Gasteiger partial charge in [-0.15, -0.1) is 11.3 Å². The number of unbranched alkanes of at least 4 members (excludes halogenated alkanes) is 3. The maximum atomic E-state index is 2.41. The van der Waals surface area contributed by atoms with Gasteiger partial charge in [0.1, 0.15) is 0 Å². The summed E-state index contributed by atoms with van der Waals surface area (Å²) in [5.41, 5.74) is 4.18. The van der Waals surface area contributed by atoms with Crippen molar-refractivity contribution < 1.29 is 0 Å². The summed E-state index contributed by atoms with van der Waals surface area (Å²) in [4.78, 5) is 1.39. The van der Waals surface area contributed by atoms with Crippen LogP contribution in [-0.2, 0) is 6.42 Å². The highest BCUT2D eigenvalue weighted by Gasteiger charge is 2.19. The third-order valence-electron chi connectivity index (χ3n) is 7.47. The molecular formula is C35H32S.